The maximum absolute atomic E-state index is 3.29. The summed E-state index contributed by atoms with van der Waals surface area (Å²) < 4.78 is 0. The molecule has 0 aliphatic heterocycles. The molecule has 55 unspecified atom stereocenters. The van der Waals surface area contributed by atoms with Crippen LogP contribution in [0.1, 0.15) is 7.43 Å². The number of rotatable bonds is 25. The monoisotopic (exact) mass is 2590 g/mol. The SMILES string of the molecule is C.PP(P)P.PP(P)P(P(P)P)P(P)P.PP(P)P(P)P.PPP.PPP(P(P)P)P(P(P)P)P(P)P.PPP(P(P)P)P(P)P.PPP(P)P.PPP(P)P(P(P)P)P(P(P(P)P)P(P)P)P(P(P)P)P(P)P.PPP(P)P(P)P. The number of hydrogen-bond donors (Lipinski definition) is 0. The Morgan fingerprint density at radius 2 is 0.370 bits per heavy atom. The molecule has 0 aromatic rings. The van der Waals surface area contributed by atoms with Crippen molar-refractivity contribution in [3.63, 3.8) is 0 Å². The molecule has 0 amide bonds. The van der Waals surface area contributed by atoms with Gasteiger partial charge in [-0.2, -0.15) is 0 Å². The van der Waals surface area contributed by atoms with Crippen LogP contribution in [0.4, 0.5) is 0 Å². The molecule has 506 valence electrons. The molecule has 0 aliphatic rings. The van der Waals surface area contributed by atoms with E-state index in [-0.39, 0.29) is 196 Å². The van der Waals surface area contributed by atoms with Gasteiger partial charge in [-0.1, -0.05) is 55.2 Å². The second-order valence-corrected chi connectivity index (χ2v) is 287. The summed E-state index contributed by atoms with van der Waals surface area (Å²) in [6.45, 7) is 3.92. The van der Waals surface area contributed by atoms with Gasteiger partial charge >= 0.3 is 0 Å². The lowest BCUT2D eigenvalue weighted by atomic mass is 12.0. The van der Waals surface area contributed by atoms with E-state index in [1.54, 1.807) is 0 Å². The fourth-order valence-corrected chi connectivity index (χ4v) is 575. The Morgan fingerprint density at radius 1 is 0.173 bits per heavy atom. The maximum Gasteiger partial charge on any atom is -0.000486 e. The van der Waals surface area contributed by atoms with E-state index in [1.807, 2.05) is 0 Å². The van der Waals surface area contributed by atoms with E-state index in [2.05, 4.69) is 411 Å². The molecule has 0 bridgehead atoms. The highest BCUT2D eigenvalue weighted by Gasteiger charge is 2.45. The van der Waals surface area contributed by atoms with Crippen LogP contribution < -0.4 is 0 Å². The highest BCUT2D eigenvalue weighted by Crippen LogP contribution is 3.33. The molecular weight excluding hydrogens is 2490 g/mol. The van der Waals surface area contributed by atoms with Gasteiger partial charge in [0.05, 0.1) is 0 Å². The maximum atomic E-state index is 3.29. The molecule has 80 heteroatoms. The zero-order chi connectivity index (χ0) is 66.4. The van der Waals surface area contributed by atoms with E-state index in [9.17, 15) is 0 Å². The molecule has 0 aliphatic carbocycles. The lowest BCUT2D eigenvalue weighted by Gasteiger charge is -2.47. The molecular formula is CH102P80. The van der Waals surface area contributed by atoms with Crippen molar-refractivity contribution >= 4 is 654 Å². The van der Waals surface area contributed by atoms with Crippen LogP contribution in [0.2, 0.25) is 0 Å². The van der Waals surface area contributed by atoms with Crippen LogP contribution in [-0.2, 0) is 0 Å². The van der Waals surface area contributed by atoms with Gasteiger partial charge in [0.25, 0.3) is 0 Å². The summed E-state index contributed by atoms with van der Waals surface area (Å²) in [6, 6.07) is 0. The van der Waals surface area contributed by atoms with Crippen LogP contribution in [0, 0.1) is 0 Å². The van der Waals surface area contributed by atoms with Crippen LogP contribution in [0.5, 0.6) is 0 Å². The van der Waals surface area contributed by atoms with Gasteiger partial charge in [0, 0.05) is 0 Å². The van der Waals surface area contributed by atoms with Crippen molar-refractivity contribution in [2.45, 2.75) is 7.43 Å². The summed E-state index contributed by atoms with van der Waals surface area (Å²) in [7, 11) is 142. The topological polar surface area (TPSA) is 0 Å². The highest BCUT2D eigenvalue weighted by atomic mass is 33.4. The van der Waals surface area contributed by atoms with E-state index in [1.165, 1.54) is 0 Å². The zero-order valence-corrected chi connectivity index (χ0v) is 126. The normalized spacial score (nSPS) is 14.0. The Bertz CT molecular complexity index is 1060. The van der Waals surface area contributed by atoms with E-state index in [0.717, 1.165) is 47.7 Å². The second-order valence-electron chi connectivity index (χ2n) is 10.6. The quantitative estimate of drug-likeness (QED) is 0.0799. The predicted octanol–water partition coefficient (Wildman–Crippen LogP) is 43.3. The first kappa shape index (κ1) is 136. The molecule has 0 fully saturated rings. The Labute approximate surface area is 651 Å². The lowest BCUT2D eigenvalue weighted by Crippen LogP contribution is -1.59. The Morgan fingerprint density at radius 3 is 0.432 bits per heavy atom. The Hall–Kier alpha value is 34.4. The summed E-state index contributed by atoms with van der Waals surface area (Å²) in [5, 5.41) is 0. The van der Waals surface area contributed by atoms with Crippen molar-refractivity contribution in [2.75, 3.05) is 0 Å². The van der Waals surface area contributed by atoms with Crippen molar-refractivity contribution in [1.29, 1.82) is 0 Å². The third-order valence-electron chi connectivity index (χ3n) is 4.72. The molecule has 0 aromatic heterocycles. The lowest BCUT2D eigenvalue weighted by molar-refractivity contribution is 2.50. The molecule has 0 radical (unpaired) electrons. The summed E-state index contributed by atoms with van der Waals surface area (Å²) in [5.74, 6) is 0. The fraction of sp³-hybridized carbons (Fsp3) is 1.00. The zero-order valence-electron chi connectivity index (χ0n) is 42.1. The van der Waals surface area contributed by atoms with E-state index in [0.29, 0.717) is 6.99 Å². The third-order valence-corrected chi connectivity index (χ3v) is 383. The minimum Gasteiger partial charge on any atom is -0.110 e. The summed E-state index contributed by atoms with van der Waals surface area (Å²) in [5.41, 5.74) is 0. The fourth-order valence-electron chi connectivity index (χ4n) is 2.37. The molecule has 0 saturated heterocycles. The predicted molar refractivity (Wildman–Crippen MR) is 697 cm³/mol. The van der Waals surface area contributed by atoms with Gasteiger partial charge in [-0.05, 0) is 196 Å². The second kappa shape index (κ2) is 95.1. The molecule has 0 nitrogen and oxygen atoms in total. The molecule has 0 saturated carbocycles. The van der Waals surface area contributed by atoms with Crippen molar-refractivity contribution in [3.8, 4) is 0 Å². The minimum absolute atomic E-state index is 0. The minimum atomic E-state index is 0. The molecule has 0 aromatic carbocycles. The van der Waals surface area contributed by atoms with Crippen molar-refractivity contribution in [3.05, 3.63) is 0 Å². The van der Waals surface area contributed by atoms with Crippen LogP contribution in [0.3, 0.4) is 0 Å². The van der Waals surface area contributed by atoms with Crippen molar-refractivity contribution in [1.82, 2.24) is 0 Å². The summed E-state index contributed by atoms with van der Waals surface area (Å²) >= 11 is 0. The smallest absolute Gasteiger partial charge is 0.000486 e. The molecule has 0 heterocycles. The average molecular weight is 2590 g/mol. The van der Waals surface area contributed by atoms with Crippen molar-refractivity contribution in [2.24, 2.45) is 0 Å². The van der Waals surface area contributed by atoms with Crippen LogP contribution in [0.15, 0.2) is 0 Å². The number of hydrogen-bond acceptors (Lipinski definition) is 0. The van der Waals surface area contributed by atoms with E-state index >= 15 is 0 Å². The Kier molecular flexibility index (Phi) is 160. The highest BCUT2D eigenvalue weighted by molar-refractivity contribution is 9.39. The first-order valence-corrected chi connectivity index (χ1v) is 155. The van der Waals surface area contributed by atoms with Gasteiger partial charge in [-0.25, -0.2) is 0 Å². The summed E-state index contributed by atoms with van der Waals surface area (Å²) in [4.78, 5) is 0. The van der Waals surface area contributed by atoms with Gasteiger partial charge in [-0.15, -0.1) is 411 Å². The Balaban J connectivity index is -0.0000000940. The first-order chi connectivity index (χ1) is 36.2. The van der Waals surface area contributed by atoms with Gasteiger partial charge < -0.3 is 0 Å². The standard InChI is InChI=1S/CH4.H25P23.H15P13.H12P10.H11P9.H9P7.H8P6.H7P5.H6P4.H5P3/c;1-13-19(12)22(18(10)11)23(20(14(2)3)15(4)5)21(16(6)7)17(8)9;1-8-12(9(2)3)13(10(4)5)11(6)7;1-7(2)10(8(3)4)9(5)6;1-6-9(7(2)3)8(4)5;1-5-7(4)6(2)3;1-5(2)6(3)4;1-4-5(2)3;1-4(2)3;1-3-2/h1H4;13H,1-12H2;8H,1-7H2;1-6H2;6H,1-5H2;5H,1-4H2;1-4H2;4H,1-3H2;1-3H2;3H,1-2H2. The molecule has 55 atom stereocenters. The summed E-state index contributed by atoms with van der Waals surface area (Å²) in [6.07, 6.45) is 0. The van der Waals surface area contributed by atoms with Crippen molar-refractivity contribution < 1.29 is 0 Å². The van der Waals surface area contributed by atoms with Gasteiger partial charge in [0.15, 0.2) is 0 Å². The molecule has 0 N–H and O–H groups in total. The molecule has 0 rings (SSSR count). The largest absolute Gasteiger partial charge is 0.110 e. The van der Waals surface area contributed by atoms with Gasteiger partial charge in [0.1, 0.15) is 0 Å². The van der Waals surface area contributed by atoms with Gasteiger partial charge in [0.2, 0.25) is 0 Å². The third kappa shape index (κ3) is 93.4. The first-order valence-electron chi connectivity index (χ1n) is 17.2. The van der Waals surface area contributed by atoms with Crippen LogP contribution in [-0.4, -0.2) is 0 Å². The molecule has 0 spiro atoms. The van der Waals surface area contributed by atoms with E-state index < -0.39 is 0 Å². The molecule has 81 heavy (non-hydrogen) atoms. The van der Waals surface area contributed by atoms with Crippen LogP contribution in [0.25, 0.3) is 0 Å². The van der Waals surface area contributed by atoms with Crippen LogP contribution >= 0.6 is 654 Å². The average Bonchev–Trinajstić information content (AvgIpc) is 3.27. The van der Waals surface area contributed by atoms with E-state index in [4.69, 9.17) is 0 Å². The van der Waals surface area contributed by atoms with Gasteiger partial charge in [-0.3, -0.25) is 0 Å².